The molecule has 9 heteroatoms. The zero-order chi connectivity index (χ0) is 23.3. The molecule has 0 N–H and O–H groups in total. The van der Waals surface area contributed by atoms with Crippen molar-refractivity contribution in [2.75, 3.05) is 26.2 Å². The van der Waals surface area contributed by atoms with Crippen LogP contribution in [-0.2, 0) is 14.8 Å². The maximum Gasteiger partial charge on any atom is 0.285 e. The summed E-state index contributed by atoms with van der Waals surface area (Å²) < 4.78 is 30.1. The van der Waals surface area contributed by atoms with E-state index in [-0.39, 0.29) is 16.7 Å². The van der Waals surface area contributed by atoms with E-state index in [2.05, 4.69) is 10.5 Å². The monoisotopic (exact) mass is 494 g/mol. The lowest BCUT2D eigenvalue weighted by atomic mass is 9.92. The number of aromatic nitrogens is 1. The number of likely N-dealkylation sites (tertiary alicyclic amines) is 2. The molecule has 1 amide bonds. The minimum absolute atomic E-state index is 0.0285. The Balaban J connectivity index is 1.12. The van der Waals surface area contributed by atoms with Crippen molar-refractivity contribution in [1.82, 2.24) is 14.8 Å². The predicted molar refractivity (Wildman–Crippen MR) is 133 cm³/mol. The molecule has 0 bridgehead atoms. The molecule has 1 atom stereocenters. The molecule has 7 nitrogen and oxygen atoms in total. The molecule has 34 heavy (non-hydrogen) atoms. The summed E-state index contributed by atoms with van der Waals surface area (Å²) in [6, 6.07) is 15.2. The van der Waals surface area contributed by atoms with Gasteiger partial charge in [0.2, 0.25) is 5.91 Å². The van der Waals surface area contributed by atoms with Gasteiger partial charge in [0.15, 0.2) is 5.84 Å². The van der Waals surface area contributed by atoms with Crippen molar-refractivity contribution >= 4 is 43.3 Å². The highest BCUT2D eigenvalue weighted by atomic mass is 32.2. The Kier molecular flexibility index (Phi) is 5.41. The van der Waals surface area contributed by atoms with Crippen LogP contribution in [0.5, 0.6) is 0 Å². The van der Waals surface area contributed by atoms with Crippen molar-refractivity contribution in [2.24, 2.45) is 10.3 Å². The Bertz CT molecular complexity index is 1360. The third-order valence-corrected chi connectivity index (χ3v) is 9.67. The molecule has 2 fully saturated rings. The van der Waals surface area contributed by atoms with E-state index in [0.29, 0.717) is 43.2 Å². The third-order valence-electron chi connectivity index (χ3n) is 7.15. The molecule has 4 heterocycles. The number of amidine groups is 1. The largest absolute Gasteiger partial charge is 0.355 e. The maximum atomic E-state index is 13.4. The van der Waals surface area contributed by atoms with Crippen molar-refractivity contribution in [3.8, 4) is 0 Å². The number of thiazole rings is 1. The third kappa shape index (κ3) is 3.80. The van der Waals surface area contributed by atoms with E-state index in [1.807, 2.05) is 40.1 Å². The van der Waals surface area contributed by atoms with Gasteiger partial charge in [0.25, 0.3) is 10.0 Å². The van der Waals surface area contributed by atoms with Crippen LogP contribution in [0, 0.1) is 5.92 Å². The number of fused-ring (bicyclic) bond motifs is 2. The van der Waals surface area contributed by atoms with E-state index in [1.165, 1.54) is 4.70 Å². The summed E-state index contributed by atoms with van der Waals surface area (Å²) in [5.74, 6) is 1.02. The lowest BCUT2D eigenvalue weighted by Crippen LogP contribution is -2.46. The summed E-state index contributed by atoms with van der Waals surface area (Å²) in [6.07, 6.45) is 3.48. The smallest absolute Gasteiger partial charge is 0.285 e. The normalized spacial score (nSPS) is 22.6. The predicted octanol–water partition coefficient (Wildman–Crippen LogP) is 3.86. The number of hydrogen-bond acceptors (Lipinski definition) is 6. The molecule has 0 saturated carbocycles. The van der Waals surface area contributed by atoms with Gasteiger partial charge in [-0.15, -0.1) is 15.7 Å². The Morgan fingerprint density at radius 2 is 1.74 bits per heavy atom. The molecule has 6 rings (SSSR count). The highest BCUT2D eigenvalue weighted by Gasteiger charge is 2.36. The molecule has 0 radical (unpaired) electrons. The summed E-state index contributed by atoms with van der Waals surface area (Å²) >= 11 is 1.74. The quantitative estimate of drug-likeness (QED) is 0.540. The van der Waals surface area contributed by atoms with Crippen molar-refractivity contribution in [2.45, 2.75) is 36.5 Å². The lowest BCUT2D eigenvalue weighted by Gasteiger charge is -2.38. The molecule has 0 aliphatic carbocycles. The van der Waals surface area contributed by atoms with Crippen LogP contribution in [0.1, 0.15) is 42.2 Å². The zero-order valence-electron chi connectivity index (χ0n) is 18.8. The van der Waals surface area contributed by atoms with Crippen LogP contribution < -0.4 is 0 Å². The van der Waals surface area contributed by atoms with E-state index in [4.69, 9.17) is 4.98 Å². The first-order chi connectivity index (χ1) is 16.5. The Morgan fingerprint density at radius 1 is 0.971 bits per heavy atom. The van der Waals surface area contributed by atoms with Crippen LogP contribution in [0.15, 0.2) is 57.8 Å². The molecule has 3 aromatic rings. The maximum absolute atomic E-state index is 13.4. The number of sulfonamides is 1. The van der Waals surface area contributed by atoms with E-state index >= 15 is 0 Å². The van der Waals surface area contributed by atoms with Crippen molar-refractivity contribution < 1.29 is 13.2 Å². The number of hydrogen-bond donors (Lipinski definition) is 0. The summed E-state index contributed by atoms with van der Waals surface area (Å²) in [5.41, 5.74) is 1.71. The van der Waals surface area contributed by atoms with E-state index in [0.717, 1.165) is 36.5 Å². The number of carbonyl (C=O) groups is 1. The molecule has 3 aliphatic rings. The number of carbonyl (C=O) groups excluding carboxylic acids is 1. The Labute approximate surface area is 203 Å². The zero-order valence-corrected chi connectivity index (χ0v) is 20.4. The summed E-state index contributed by atoms with van der Waals surface area (Å²) in [6.45, 7) is 2.80. The number of nitrogens with zero attached hydrogens (tertiary/aromatic N) is 4. The van der Waals surface area contributed by atoms with Gasteiger partial charge in [-0.05, 0) is 49.9 Å². The van der Waals surface area contributed by atoms with Gasteiger partial charge in [0.1, 0.15) is 4.90 Å². The second-order valence-electron chi connectivity index (χ2n) is 9.29. The van der Waals surface area contributed by atoms with E-state index in [9.17, 15) is 13.2 Å². The average molecular weight is 495 g/mol. The number of para-hydroxylation sites is 1. The van der Waals surface area contributed by atoms with Gasteiger partial charge in [-0.25, -0.2) is 4.98 Å². The van der Waals surface area contributed by atoms with E-state index < -0.39 is 10.0 Å². The summed E-state index contributed by atoms with van der Waals surface area (Å²) in [4.78, 5) is 22.6. The highest BCUT2D eigenvalue weighted by molar-refractivity contribution is 7.90. The lowest BCUT2D eigenvalue weighted by molar-refractivity contribution is -0.138. The van der Waals surface area contributed by atoms with Gasteiger partial charge in [0, 0.05) is 43.6 Å². The van der Waals surface area contributed by atoms with E-state index in [1.54, 1.807) is 23.5 Å². The van der Waals surface area contributed by atoms with Crippen LogP contribution in [0.4, 0.5) is 0 Å². The van der Waals surface area contributed by atoms with Gasteiger partial charge >= 0.3 is 0 Å². The molecular weight excluding hydrogens is 468 g/mol. The van der Waals surface area contributed by atoms with Crippen molar-refractivity contribution in [3.05, 3.63) is 59.1 Å². The van der Waals surface area contributed by atoms with Gasteiger partial charge in [-0.2, -0.15) is 8.42 Å². The number of piperidine rings is 2. The fourth-order valence-electron chi connectivity index (χ4n) is 5.36. The topological polar surface area (TPSA) is 82.9 Å². The Morgan fingerprint density at radius 3 is 2.56 bits per heavy atom. The molecule has 3 aliphatic heterocycles. The summed E-state index contributed by atoms with van der Waals surface area (Å²) in [5, 5.41) is 1.13. The molecule has 176 valence electrons. The average Bonchev–Trinajstić information content (AvgIpc) is 3.43. The number of benzene rings is 2. The molecular formula is C25H26N4O3S2. The minimum atomic E-state index is -3.63. The van der Waals surface area contributed by atoms with Gasteiger partial charge in [-0.1, -0.05) is 24.3 Å². The summed E-state index contributed by atoms with van der Waals surface area (Å²) in [7, 11) is -3.63. The molecule has 2 saturated heterocycles. The van der Waals surface area contributed by atoms with Crippen LogP contribution >= 0.6 is 11.3 Å². The van der Waals surface area contributed by atoms with Crippen LogP contribution in [-0.4, -0.2) is 61.1 Å². The number of amides is 1. The van der Waals surface area contributed by atoms with Crippen LogP contribution in [0.25, 0.3) is 10.2 Å². The standard InChI is InChI=1S/C25H26N4O3S2/c30-25(29-13-5-6-18(16-29)24-26-20-8-2-3-9-21(20)33-24)17-11-14-28(15-12-17)23-19-7-1-4-10-22(19)34(31,32)27-23/h1-4,7-10,17-18H,5-6,11-16H2/t18-/m1/s1. The van der Waals surface area contributed by atoms with Gasteiger partial charge in [-0.3, -0.25) is 4.79 Å². The van der Waals surface area contributed by atoms with Gasteiger partial charge < -0.3 is 9.80 Å². The number of rotatable bonds is 2. The van der Waals surface area contributed by atoms with Crippen LogP contribution in [0.3, 0.4) is 0 Å². The highest BCUT2D eigenvalue weighted by Crippen LogP contribution is 2.35. The first kappa shape index (κ1) is 21.7. The first-order valence-corrected chi connectivity index (χ1v) is 14.1. The molecule has 1 aromatic heterocycles. The molecule has 2 aromatic carbocycles. The molecule has 0 spiro atoms. The SMILES string of the molecule is O=C(C1CCN(C2=NS(=O)(=O)c3ccccc32)CC1)N1CCC[C@@H](c2nc3ccccc3s2)C1. The fraction of sp³-hybridized carbons (Fsp3) is 0.400. The molecule has 0 unspecified atom stereocenters. The minimum Gasteiger partial charge on any atom is -0.355 e. The second kappa shape index (κ2) is 8.46. The van der Waals surface area contributed by atoms with Gasteiger partial charge in [0.05, 0.1) is 15.2 Å². The van der Waals surface area contributed by atoms with Crippen molar-refractivity contribution in [3.63, 3.8) is 0 Å². The Hall–Kier alpha value is -2.78. The fourth-order valence-corrected chi connectivity index (χ4v) is 7.68. The second-order valence-corrected chi connectivity index (χ2v) is 11.9. The first-order valence-electron chi connectivity index (χ1n) is 11.8. The van der Waals surface area contributed by atoms with Crippen LogP contribution in [0.2, 0.25) is 0 Å². The van der Waals surface area contributed by atoms with Crippen molar-refractivity contribution in [1.29, 1.82) is 0 Å².